The molecule has 0 fully saturated rings. The summed E-state index contributed by atoms with van der Waals surface area (Å²) in [6.07, 6.45) is 0. The fourth-order valence-electron chi connectivity index (χ4n) is 2.77. The second-order valence-corrected chi connectivity index (χ2v) is 5.87. The minimum atomic E-state index is -0.844. The first-order chi connectivity index (χ1) is 13.0. The molecule has 1 amide bonds. The van der Waals surface area contributed by atoms with E-state index in [1.54, 1.807) is 31.2 Å². The first-order valence-electron chi connectivity index (χ1n) is 8.07. The van der Waals surface area contributed by atoms with Crippen molar-refractivity contribution in [2.45, 2.75) is 6.92 Å². The zero-order chi connectivity index (χ0) is 19.0. The number of halogens is 1. The van der Waals surface area contributed by atoms with Crippen LogP contribution >= 0.6 is 0 Å². The van der Waals surface area contributed by atoms with E-state index in [4.69, 9.17) is 18.6 Å². The molecule has 1 aliphatic heterocycles. The maximum absolute atomic E-state index is 13.8. The number of hydrogen-bond donors (Lipinski definition) is 1. The van der Waals surface area contributed by atoms with Crippen LogP contribution in [0.3, 0.4) is 0 Å². The molecule has 0 bridgehead atoms. The maximum Gasteiger partial charge on any atom is 0.375 e. The Morgan fingerprint density at radius 2 is 2.00 bits per heavy atom. The van der Waals surface area contributed by atoms with Crippen molar-refractivity contribution in [2.24, 2.45) is 0 Å². The molecule has 1 aromatic heterocycles. The van der Waals surface area contributed by atoms with Gasteiger partial charge in [-0.1, -0.05) is 12.1 Å². The fourth-order valence-corrected chi connectivity index (χ4v) is 2.77. The third-order valence-corrected chi connectivity index (χ3v) is 4.09. The number of amides is 1. The van der Waals surface area contributed by atoms with E-state index < -0.39 is 24.3 Å². The third kappa shape index (κ3) is 3.17. The standard InChI is InChI=1S/C19H14FNO6/c1-10-12-3-2-4-13(20)18(12)27-17(10)19(23)24-8-16(22)21-11-5-6-14-15(7-11)26-9-25-14/h2-7H,8-9H2,1H3,(H,21,22). The van der Waals surface area contributed by atoms with Crippen LogP contribution < -0.4 is 14.8 Å². The molecule has 3 aromatic rings. The lowest BCUT2D eigenvalue weighted by atomic mass is 10.1. The molecule has 0 saturated heterocycles. The summed E-state index contributed by atoms with van der Waals surface area (Å²) in [5.74, 6) is -0.982. The van der Waals surface area contributed by atoms with Crippen molar-refractivity contribution in [1.29, 1.82) is 0 Å². The van der Waals surface area contributed by atoms with Gasteiger partial charge in [0.05, 0.1) is 0 Å². The van der Waals surface area contributed by atoms with Gasteiger partial charge in [0.15, 0.2) is 29.5 Å². The van der Waals surface area contributed by atoms with E-state index in [1.807, 2.05) is 0 Å². The Hall–Kier alpha value is -3.55. The Bertz CT molecular complexity index is 1060. The molecule has 1 aliphatic rings. The van der Waals surface area contributed by atoms with Gasteiger partial charge in [0.25, 0.3) is 5.91 Å². The summed E-state index contributed by atoms with van der Waals surface area (Å²) in [5.41, 5.74) is 0.903. The monoisotopic (exact) mass is 371 g/mol. The van der Waals surface area contributed by atoms with Crippen LogP contribution in [0.15, 0.2) is 40.8 Å². The van der Waals surface area contributed by atoms with Crippen LogP contribution in [0.1, 0.15) is 16.1 Å². The lowest BCUT2D eigenvalue weighted by Crippen LogP contribution is -2.21. The number of para-hydroxylation sites is 1. The summed E-state index contributed by atoms with van der Waals surface area (Å²) in [6, 6.07) is 9.30. The summed E-state index contributed by atoms with van der Waals surface area (Å²) < 4.78 is 34.4. The third-order valence-electron chi connectivity index (χ3n) is 4.09. The molecule has 0 saturated carbocycles. The number of aryl methyl sites for hydroxylation is 1. The van der Waals surface area contributed by atoms with Gasteiger partial charge in [-0.3, -0.25) is 4.79 Å². The number of hydrogen-bond acceptors (Lipinski definition) is 6. The van der Waals surface area contributed by atoms with E-state index in [2.05, 4.69) is 5.32 Å². The molecule has 1 N–H and O–H groups in total. The molecular formula is C19H14FNO6. The molecule has 138 valence electrons. The van der Waals surface area contributed by atoms with Crippen LogP contribution in [0, 0.1) is 12.7 Å². The molecule has 0 radical (unpaired) electrons. The van der Waals surface area contributed by atoms with Crippen molar-refractivity contribution >= 4 is 28.5 Å². The summed E-state index contributed by atoms with van der Waals surface area (Å²) in [6.45, 7) is 1.22. The summed E-state index contributed by atoms with van der Waals surface area (Å²) in [7, 11) is 0. The molecule has 7 nitrogen and oxygen atoms in total. The largest absolute Gasteiger partial charge is 0.454 e. The summed E-state index contributed by atoms with van der Waals surface area (Å²) in [5, 5.41) is 3.06. The lowest BCUT2D eigenvalue weighted by molar-refractivity contribution is -0.119. The van der Waals surface area contributed by atoms with Crippen molar-refractivity contribution in [3.05, 3.63) is 53.5 Å². The highest BCUT2D eigenvalue weighted by Gasteiger charge is 2.22. The van der Waals surface area contributed by atoms with E-state index in [9.17, 15) is 14.0 Å². The van der Waals surface area contributed by atoms with E-state index in [-0.39, 0.29) is 18.1 Å². The van der Waals surface area contributed by atoms with Crippen molar-refractivity contribution in [3.63, 3.8) is 0 Å². The lowest BCUT2D eigenvalue weighted by Gasteiger charge is -2.07. The number of nitrogens with one attached hydrogen (secondary N) is 1. The minimum Gasteiger partial charge on any atom is -0.454 e. The number of carbonyl (C=O) groups excluding carboxylic acids is 2. The Labute approximate surface area is 152 Å². The molecule has 2 heterocycles. The first kappa shape index (κ1) is 16.9. The molecule has 0 atom stereocenters. The maximum atomic E-state index is 13.8. The Morgan fingerprint density at radius 1 is 1.19 bits per heavy atom. The number of rotatable bonds is 4. The van der Waals surface area contributed by atoms with E-state index >= 15 is 0 Å². The molecule has 0 aliphatic carbocycles. The van der Waals surface area contributed by atoms with Gasteiger partial charge in [-0.2, -0.15) is 0 Å². The number of carbonyl (C=O) groups is 2. The zero-order valence-corrected chi connectivity index (χ0v) is 14.2. The van der Waals surface area contributed by atoms with Gasteiger partial charge in [-0.25, -0.2) is 9.18 Å². The van der Waals surface area contributed by atoms with Gasteiger partial charge in [0.1, 0.15) is 0 Å². The average Bonchev–Trinajstić information content (AvgIpc) is 3.25. The van der Waals surface area contributed by atoms with E-state index in [0.717, 1.165) is 0 Å². The molecule has 4 rings (SSSR count). The Kier molecular flexibility index (Phi) is 4.15. The topological polar surface area (TPSA) is 87.0 Å². The van der Waals surface area contributed by atoms with E-state index in [0.29, 0.717) is 28.1 Å². The number of fused-ring (bicyclic) bond motifs is 2. The molecular weight excluding hydrogens is 357 g/mol. The van der Waals surface area contributed by atoms with Crippen LogP contribution in [-0.4, -0.2) is 25.3 Å². The van der Waals surface area contributed by atoms with Crippen molar-refractivity contribution in [2.75, 3.05) is 18.7 Å². The van der Waals surface area contributed by atoms with E-state index in [1.165, 1.54) is 12.1 Å². The van der Waals surface area contributed by atoms with Crippen molar-refractivity contribution in [1.82, 2.24) is 0 Å². The zero-order valence-electron chi connectivity index (χ0n) is 14.2. The molecule has 2 aromatic carbocycles. The van der Waals surface area contributed by atoms with Crippen molar-refractivity contribution < 1.29 is 32.6 Å². The number of esters is 1. The quantitative estimate of drug-likeness (QED) is 0.708. The predicted octanol–water partition coefficient (Wildman–Crippen LogP) is 3.40. The first-order valence-corrected chi connectivity index (χ1v) is 8.07. The number of benzene rings is 2. The predicted molar refractivity (Wildman–Crippen MR) is 92.4 cm³/mol. The van der Waals surface area contributed by atoms with Crippen LogP contribution in [0.5, 0.6) is 11.5 Å². The second kappa shape index (κ2) is 6.64. The van der Waals surface area contributed by atoms with Crippen LogP contribution in [0.2, 0.25) is 0 Å². The highest BCUT2D eigenvalue weighted by molar-refractivity contribution is 5.98. The smallest absolute Gasteiger partial charge is 0.375 e. The molecule has 0 unspecified atom stereocenters. The normalized spacial score (nSPS) is 12.2. The SMILES string of the molecule is Cc1c(C(=O)OCC(=O)Nc2ccc3c(c2)OCO3)oc2c(F)cccc12. The second-order valence-electron chi connectivity index (χ2n) is 5.87. The van der Waals surface area contributed by atoms with Gasteiger partial charge in [0.2, 0.25) is 12.6 Å². The van der Waals surface area contributed by atoms with Crippen LogP contribution in [0.4, 0.5) is 10.1 Å². The van der Waals surface area contributed by atoms with Crippen LogP contribution in [0.25, 0.3) is 11.0 Å². The summed E-state index contributed by atoms with van der Waals surface area (Å²) >= 11 is 0. The Balaban J connectivity index is 1.41. The molecule has 0 spiro atoms. The summed E-state index contributed by atoms with van der Waals surface area (Å²) in [4.78, 5) is 24.2. The highest BCUT2D eigenvalue weighted by atomic mass is 19.1. The van der Waals surface area contributed by atoms with Gasteiger partial charge in [-0.15, -0.1) is 0 Å². The van der Waals surface area contributed by atoms with Crippen molar-refractivity contribution in [3.8, 4) is 11.5 Å². The minimum absolute atomic E-state index is 0.0215. The highest BCUT2D eigenvalue weighted by Crippen LogP contribution is 2.34. The molecule has 27 heavy (non-hydrogen) atoms. The van der Waals surface area contributed by atoms with Gasteiger partial charge >= 0.3 is 5.97 Å². The van der Waals surface area contributed by atoms with Gasteiger partial charge in [0, 0.05) is 22.7 Å². The fraction of sp³-hybridized carbons (Fsp3) is 0.158. The van der Waals surface area contributed by atoms with Crippen LogP contribution in [-0.2, 0) is 9.53 Å². The number of anilines is 1. The Morgan fingerprint density at radius 3 is 2.81 bits per heavy atom. The number of furan rings is 1. The van der Waals surface area contributed by atoms with Gasteiger partial charge < -0.3 is 23.9 Å². The van der Waals surface area contributed by atoms with Gasteiger partial charge in [-0.05, 0) is 25.1 Å². The average molecular weight is 371 g/mol. The number of ether oxygens (including phenoxy) is 3. The molecule has 8 heteroatoms.